The summed E-state index contributed by atoms with van der Waals surface area (Å²) >= 11 is 6.53. The number of methoxy groups -OCH3 is 1. The van der Waals surface area contributed by atoms with Gasteiger partial charge in [0.25, 0.3) is 0 Å². The maximum Gasteiger partial charge on any atom is 0.245 e. The van der Waals surface area contributed by atoms with Crippen molar-refractivity contribution < 1.29 is 13.9 Å². The lowest BCUT2D eigenvalue weighted by Gasteiger charge is -2.24. The minimum absolute atomic E-state index is 0.114. The van der Waals surface area contributed by atoms with Gasteiger partial charge >= 0.3 is 0 Å². The molecule has 0 saturated carbocycles. The average molecular weight is 447 g/mol. The van der Waals surface area contributed by atoms with Gasteiger partial charge in [-0.05, 0) is 42.2 Å². The molecule has 0 aliphatic carbocycles. The second-order valence-corrected chi connectivity index (χ2v) is 8.33. The first-order valence-electron chi connectivity index (χ1n) is 10.7. The van der Waals surface area contributed by atoms with Crippen molar-refractivity contribution in [3.63, 3.8) is 0 Å². The number of oxazole rings is 1. The van der Waals surface area contributed by atoms with Crippen LogP contribution in [0.25, 0.3) is 22.2 Å². The van der Waals surface area contributed by atoms with E-state index in [1.54, 1.807) is 12.0 Å². The van der Waals surface area contributed by atoms with E-state index in [2.05, 4.69) is 0 Å². The number of para-hydroxylation sites is 1. The largest absolute Gasteiger partial charge is 0.496 e. The van der Waals surface area contributed by atoms with E-state index >= 15 is 0 Å². The van der Waals surface area contributed by atoms with Gasteiger partial charge in [0.1, 0.15) is 22.7 Å². The molecule has 1 aliphatic heterocycles. The van der Waals surface area contributed by atoms with E-state index in [1.165, 1.54) is 0 Å². The molecule has 5 nitrogen and oxygen atoms in total. The van der Waals surface area contributed by atoms with Gasteiger partial charge in [-0.1, -0.05) is 54.6 Å². The van der Waals surface area contributed by atoms with Crippen molar-refractivity contribution in [2.75, 3.05) is 13.7 Å². The average Bonchev–Trinajstić information content (AvgIpc) is 3.50. The molecular formula is C26H23ClN2O3. The van der Waals surface area contributed by atoms with Crippen molar-refractivity contribution >= 4 is 28.6 Å². The summed E-state index contributed by atoms with van der Waals surface area (Å²) < 4.78 is 11.6. The molecule has 1 saturated heterocycles. The summed E-state index contributed by atoms with van der Waals surface area (Å²) in [5.74, 6) is 1.24. The monoisotopic (exact) mass is 446 g/mol. The summed E-state index contributed by atoms with van der Waals surface area (Å²) in [6, 6.07) is 23.0. The summed E-state index contributed by atoms with van der Waals surface area (Å²) in [5, 5.41) is -0.724. The molecule has 2 atom stereocenters. The Morgan fingerprint density at radius 3 is 2.72 bits per heavy atom. The highest BCUT2D eigenvalue weighted by Crippen LogP contribution is 2.38. The summed E-state index contributed by atoms with van der Waals surface area (Å²) in [6.07, 6.45) is 1.69. The zero-order valence-corrected chi connectivity index (χ0v) is 18.5. The van der Waals surface area contributed by atoms with Crippen molar-refractivity contribution in [1.82, 2.24) is 9.88 Å². The highest BCUT2D eigenvalue weighted by Gasteiger charge is 2.36. The first-order chi connectivity index (χ1) is 15.7. The van der Waals surface area contributed by atoms with Crippen LogP contribution < -0.4 is 4.74 Å². The lowest BCUT2D eigenvalue weighted by Crippen LogP contribution is -2.33. The Morgan fingerprint density at radius 2 is 1.91 bits per heavy atom. The molecule has 1 fully saturated rings. The van der Waals surface area contributed by atoms with Crippen LogP contribution in [-0.2, 0) is 4.79 Å². The fourth-order valence-electron chi connectivity index (χ4n) is 4.34. The first-order valence-corrected chi connectivity index (χ1v) is 11.1. The van der Waals surface area contributed by atoms with Crippen LogP contribution in [0.5, 0.6) is 5.75 Å². The fourth-order valence-corrected chi connectivity index (χ4v) is 4.61. The van der Waals surface area contributed by atoms with Gasteiger partial charge in [0.05, 0.1) is 7.11 Å². The number of aromatic nitrogens is 1. The quantitative estimate of drug-likeness (QED) is 0.345. The molecule has 2 heterocycles. The number of alkyl halides is 1. The maximum absolute atomic E-state index is 13.2. The van der Waals surface area contributed by atoms with Crippen LogP contribution in [0.2, 0.25) is 0 Å². The third-order valence-electron chi connectivity index (χ3n) is 5.95. The summed E-state index contributed by atoms with van der Waals surface area (Å²) in [5.41, 5.74) is 4.24. The second-order valence-electron chi connectivity index (χ2n) is 7.90. The Kier molecular flexibility index (Phi) is 5.58. The summed E-state index contributed by atoms with van der Waals surface area (Å²) in [7, 11) is 1.66. The molecule has 0 unspecified atom stereocenters. The van der Waals surface area contributed by atoms with Crippen LogP contribution in [-0.4, -0.2) is 29.4 Å². The van der Waals surface area contributed by atoms with Crippen molar-refractivity contribution in [2.45, 2.75) is 24.3 Å². The Hall–Kier alpha value is -3.31. The number of ether oxygens (including phenoxy) is 1. The van der Waals surface area contributed by atoms with Crippen LogP contribution in [0.1, 0.15) is 35.7 Å². The molecule has 4 aromatic rings. The number of rotatable bonds is 5. The maximum atomic E-state index is 13.2. The molecule has 3 aromatic carbocycles. The van der Waals surface area contributed by atoms with Gasteiger partial charge in [0, 0.05) is 12.1 Å². The summed E-state index contributed by atoms with van der Waals surface area (Å²) in [4.78, 5) is 19.7. The predicted molar refractivity (Wildman–Crippen MR) is 125 cm³/mol. The number of nitrogens with zero attached hydrogens (tertiary/aromatic N) is 2. The second kappa shape index (κ2) is 8.67. The van der Waals surface area contributed by atoms with Crippen LogP contribution in [0.15, 0.2) is 77.2 Å². The Balaban J connectivity index is 1.44. The predicted octanol–water partition coefficient (Wildman–Crippen LogP) is 6.15. The number of halogens is 1. The molecule has 0 bridgehead atoms. The van der Waals surface area contributed by atoms with Crippen LogP contribution in [0.3, 0.4) is 0 Å². The molecule has 1 aromatic heterocycles. The Morgan fingerprint density at radius 1 is 1.12 bits per heavy atom. The molecular weight excluding hydrogens is 424 g/mol. The Labute approximate surface area is 191 Å². The number of hydrogen-bond acceptors (Lipinski definition) is 4. The number of benzene rings is 3. The van der Waals surface area contributed by atoms with Crippen molar-refractivity contribution in [2.24, 2.45) is 0 Å². The molecule has 1 aliphatic rings. The van der Waals surface area contributed by atoms with Gasteiger partial charge in [0.2, 0.25) is 11.8 Å². The van der Waals surface area contributed by atoms with Crippen molar-refractivity contribution in [1.29, 1.82) is 0 Å². The van der Waals surface area contributed by atoms with E-state index in [4.69, 9.17) is 25.7 Å². The van der Waals surface area contributed by atoms with Crippen molar-refractivity contribution in [3.05, 3.63) is 84.3 Å². The fraction of sp³-hybridized carbons (Fsp3) is 0.231. The van der Waals surface area contributed by atoms with E-state index in [1.807, 2.05) is 72.8 Å². The standard InChI is InChI=1S/C26H23ClN2O3/c1-31-22-12-6-5-10-19(22)18-13-14-23-20(16-18)28-25(32-23)21-11-7-15-29(21)26(30)24(27)17-8-3-2-4-9-17/h2-6,8-10,12-14,16,21,24H,7,11,15H2,1H3/t21-,24-/m1/s1. The van der Waals surface area contributed by atoms with Crippen LogP contribution in [0, 0.1) is 0 Å². The molecule has 0 spiro atoms. The van der Waals surface area contributed by atoms with Crippen molar-refractivity contribution in [3.8, 4) is 16.9 Å². The number of fused-ring (bicyclic) bond motifs is 1. The van der Waals surface area contributed by atoms with Gasteiger partial charge in [-0.15, -0.1) is 11.6 Å². The highest BCUT2D eigenvalue weighted by molar-refractivity contribution is 6.30. The van der Waals surface area contributed by atoms with E-state index in [0.29, 0.717) is 18.0 Å². The Bertz CT molecular complexity index is 1250. The third-order valence-corrected chi connectivity index (χ3v) is 6.39. The van der Waals surface area contributed by atoms with E-state index in [0.717, 1.165) is 40.8 Å². The number of carbonyl (C=O) groups excluding carboxylic acids is 1. The molecule has 1 amide bonds. The SMILES string of the molecule is COc1ccccc1-c1ccc2oc([C@H]3CCCN3C(=O)[C@H](Cl)c3ccccc3)nc2c1. The molecule has 32 heavy (non-hydrogen) atoms. The van der Waals surface area contributed by atoms with E-state index in [-0.39, 0.29) is 11.9 Å². The smallest absolute Gasteiger partial charge is 0.245 e. The molecule has 162 valence electrons. The molecule has 5 rings (SSSR count). The minimum atomic E-state index is -0.724. The molecule has 0 N–H and O–H groups in total. The van der Waals surface area contributed by atoms with E-state index in [9.17, 15) is 4.79 Å². The highest BCUT2D eigenvalue weighted by atomic mass is 35.5. The van der Waals surface area contributed by atoms with Gasteiger partial charge < -0.3 is 14.1 Å². The lowest BCUT2D eigenvalue weighted by atomic mass is 10.0. The molecule has 6 heteroatoms. The van der Waals surface area contributed by atoms with Crippen LogP contribution >= 0.6 is 11.6 Å². The molecule has 0 radical (unpaired) electrons. The van der Waals surface area contributed by atoms with Gasteiger partial charge in [-0.25, -0.2) is 4.98 Å². The minimum Gasteiger partial charge on any atom is -0.496 e. The lowest BCUT2D eigenvalue weighted by molar-refractivity contribution is -0.132. The number of likely N-dealkylation sites (tertiary alicyclic amines) is 1. The van der Waals surface area contributed by atoms with E-state index < -0.39 is 5.38 Å². The number of hydrogen-bond donors (Lipinski definition) is 0. The van der Waals surface area contributed by atoms with Gasteiger partial charge in [-0.2, -0.15) is 0 Å². The zero-order chi connectivity index (χ0) is 22.1. The summed E-state index contributed by atoms with van der Waals surface area (Å²) in [6.45, 7) is 0.644. The number of amides is 1. The van der Waals surface area contributed by atoms with Crippen LogP contribution in [0.4, 0.5) is 0 Å². The number of carbonyl (C=O) groups is 1. The van der Waals surface area contributed by atoms with Gasteiger partial charge in [-0.3, -0.25) is 4.79 Å². The normalized spacial score (nSPS) is 16.9. The van der Waals surface area contributed by atoms with Gasteiger partial charge in [0.15, 0.2) is 5.58 Å². The third kappa shape index (κ3) is 3.73. The topological polar surface area (TPSA) is 55.6 Å². The zero-order valence-electron chi connectivity index (χ0n) is 17.7. The first kappa shape index (κ1) is 20.6.